The lowest BCUT2D eigenvalue weighted by atomic mass is 10.1. The molecule has 0 aliphatic rings. The maximum Gasteiger partial charge on any atom is 0.258 e. The highest BCUT2D eigenvalue weighted by atomic mass is 19.1. The molecule has 0 spiro atoms. The normalized spacial score (nSPS) is 10.4. The summed E-state index contributed by atoms with van der Waals surface area (Å²) in [7, 11) is 3.43. The van der Waals surface area contributed by atoms with Crippen molar-refractivity contribution in [1.82, 2.24) is 10.2 Å². The highest BCUT2D eigenvalue weighted by Gasteiger charge is 2.18. The Morgan fingerprint density at radius 1 is 1.30 bits per heavy atom. The molecule has 122 valence electrons. The van der Waals surface area contributed by atoms with E-state index in [0.717, 1.165) is 6.07 Å². The van der Waals surface area contributed by atoms with E-state index in [0.29, 0.717) is 13.1 Å². The van der Waals surface area contributed by atoms with Gasteiger partial charge in [0, 0.05) is 20.1 Å². The minimum atomic E-state index is -0.540. The summed E-state index contributed by atoms with van der Waals surface area (Å²) in [6.07, 6.45) is 2.63. The van der Waals surface area contributed by atoms with Crippen LogP contribution in [-0.2, 0) is 0 Å². The van der Waals surface area contributed by atoms with Crippen molar-refractivity contribution >= 4 is 17.5 Å². The third kappa shape index (κ3) is 4.17. The molecule has 2 amide bonds. The minimum absolute atomic E-state index is 0.123. The van der Waals surface area contributed by atoms with Crippen molar-refractivity contribution in [3.05, 3.63) is 53.7 Å². The zero-order chi connectivity index (χ0) is 16.8. The quantitative estimate of drug-likeness (QED) is 0.853. The molecule has 7 heteroatoms. The SMILES string of the molecule is CNCCN(C)C(=O)c1ccc(F)cc1NC(=O)c1ccoc1. The van der Waals surface area contributed by atoms with Crippen LogP contribution in [0.15, 0.2) is 41.2 Å². The first-order chi connectivity index (χ1) is 11.0. The van der Waals surface area contributed by atoms with Crippen LogP contribution in [0.4, 0.5) is 10.1 Å². The van der Waals surface area contributed by atoms with Gasteiger partial charge in [-0.15, -0.1) is 0 Å². The first-order valence-electron chi connectivity index (χ1n) is 7.06. The monoisotopic (exact) mass is 319 g/mol. The Kier molecular flexibility index (Phi) is 5.48. The number of likely N-dealkylation sites (N-methyl/N-ethyl adjacent to an activating group) is 2. The van der Waals surface area contributed by atoms with Crippen molar-refractivity contribution in [3.63, 3.8) is 0 Å². The number of carbonyl (C=O) groups is 2. The summed E-state index contributed by atoms with van der Waals surface area (Å²) in [4.78, 5) is 26.0. The Balaban J connectivity index is 2.23. The van der Waals surface area contributed by atoms with Crippen LogP contribution >= 0.6 is 0 Å². The molecule has 0 radical (unpaired) electrons. The standard InChI is InChI=1S/C16H18FN3O3/c1-18-6-7-20(2)16(22)13-4-3-12(17)9-14(13)19-15(21)11-5-8-23-10-11/h3-5,8-10,18H,6-7H2,1-2H3,(H,19,21). The van der Waals surface area contributed by atoms with Crippen LogP contribution in [0.2, 0.25) is 0 Å². The maximum absolute atomic E-state index is 13.5. The summed E-state index contributed by atoms with van der Waals surface area (Å²) >= 11 is 0. The van der Waals surface area contributed by atoms with E-state index in [9.17, 15) is 14.0 Å². The predicted octanol–water partition coefficient (Wildman–Crippen LogP) is 1.96. The molecule has 0 fully saturated rings. The van der Waals surface area contributed by atoms with Gasteiger partial charge >= 0.3 is 0 Å². The predicted molar refractivity (Wildman–Crippen MR) is 83.9 cm³/mol. The number of halogens is 1. The minimum Gasteiger partial charge on any atom is -0.472 e. The van der Waals surface area contributed by atoms with Crippen molar-refractivity contribution in [2.75, 3.05) is 32.5 Å². The lowest BCUT2D eigenvalue weighted by Crippen LogP contribution is -2.33. The van der Waals surface area contributed by atoms with E-state index in [1.54, 1.807) is 14.1 Å². The van der Waals surface area contributed by atoms with Gasteiger partial charge in [0.25, 0.3) is 11.8 Å². The summed E-state index contributed by atoms with van der Waals surface area (Å²) in [5.41, 5.74) is 0.635. The van der Waals surface area contributed by atoms with E-state index in [1.807, 2.05) is 0 Å². The molecule has 0 atom stereocenters. The van der Waals surface area contributed by atoms with E-state index in [4.69, 9.17) is 4.42 Å². The van der Waals surface area contributed by atoms with Gasteiger partial charge in [-0.1, -0.05) is 0 Å². The van der Waals surface area contributed by atoms with Gasteiger partial charge in [0.05, 0.1) is 23.1 Å². The molecule has 0 saturated carbocycles. The van der Waals surface area contributed by atoms with Crippen LogP contribution in [0, 0.1) is 5.82 Å². The molecule has 0 bridgehead atoms. The third-order valence-electron chi connectivity index (χ3n) is 3.29. The molecule has 0 aliphatic heterocycles. The second-order valence-corrected chi connectivity index (χ2v) is 4.99. The van der Waals surface area contributed by atoms with Crippen molar-refractivity contribution < 1.29 is 18.4 Å². The molecule has 0 aliphatic carbocycles. The lowest BCUT2D eigenvalue weighted by molar-refractivity contribution is 0.0798. The number of hydrogen-bond acceptors (Lipinski definition) is 4. The Morgan fingerprint density at radius 3 is 2.74 bits per heavy atom. The number of hydrogen-bond donors (Lipinski definition) is 2. The molecule has 1 aromatic carbocycles. The molecule has 23 heavy (non-hydrogen) atoms. The zero-order valence-electron chi connectivity index (χ0n) is 12.9. The van der Waals surface area contributed by atoms with Crippen molar-refractivity contribution in [2.45, 2.75) is 0 Å². The number of nitrogens with one attached hydrogen (secondary N) is 2. The number of amides is 2. The van der Waals surface area contributed by atoms with Crippen LogP contribution in [0.5, 0.6) is 0 Å². The van der Waals surface area contributed by atoms with Crippen LogP contribution < -0.4 is 10.6 Å². The van der Waals surface area contributed by atoms with Gasteiger partial charge in [-0.25, -0.2) is 4.39 Å². The molecule has 6 nitrogen and oxygen atoms in total. The van der Waals surface area contributed by atoms with Crippen molar-refractivity contribution in [2.24, 2.45) is 0 Å². The summed E-state index contributed by atoms with van der Waals surface area (Å²) < 4.78 is 18.3. The number of rotatable bonds is 6. The highest BCUT2D eigenvalue weighted by Crippen LogP contribution is 2.20. The molecule has 0 unspecified atom stereocenters. The maximum atomic E-state index is 13.5. The van der Waals surface area contributed by atoms with Gasteiger partial charge in [0.1, 0.15) is 12.1 Å². The first-order valence-corrected chi connectivity index (χ1v) is 7.06. The van der Waals surface area contributed by atoms with E-state index in [-0.39, 0.29) is 22.7 Å². The van der Waals surface area contributed by atoms with Crippen molar-refractivity contribution in [1.29, 1.82) is 0 Å². The summed E-state index contributed by atoms with van der Waals surface area (Å²) in [6.45, 7) is 1.11. The molecule has 0 saturated heterocycles. The molecule has 1 heterocycles. The highest BCUT2D eigenvalue weighted by molar-refractivity contribution is 6.08. The van der Waals surface area contributed by atoms with Gasteiger partial charge in [0.2, 0.25) is 0 Å². The van der Waals surface area contributed by atoms with E-state index in [1.165, 1.54) is 35.6 Å². The Labute approximate surface area is 133 Å². The molecule has 1 aromatic heterocycles. The Morgan fingerprint density at radius 2 is 2.09 bits per heavy atom. The number of anilines is 1. The summed E-state index contributed by atoms with van der Waals surface area (Å²) in [6, 6.07) is 5.15. The van der Waals surface area contributed by atoms with Crippen LogP contribution in [0.25, 0.3) is 0 Å². The van der Waals surface area contributed by atoms with Gasteiger partial charge in [-0.2, -0.15) is 0 Å². The molecule has 2 N–H and O–H groups in total. The van der Waals surface area contributed by atoms with Gasteiger partial charge < -0.3 is 20.0 Å². The number of furan rings is 1. The van der Waals surface area contributed by atoms with Gasteiger partial charge in [-0.3, -0.25) is 9.59 Å². The van der Waals surface area contributed by atoms with Crippen LogP contribution in [-0.4, -0.2) is 43.9 Å². The van der Waals surface area contributed by atoms with Crippen molar-refractivity contribution in [3.8, 4) is 0 Å². The number of benzene rings is 1. The molecule has 2 rings (SSSR count). The van der Waals surface area contributed by atoms with E-state index >= 15 is 0 Å². The third-order valence-corrected chi connectivity index (χ3v) is 3.29. The second kappa shape index (κ2) is 7.55. The first kappa shape index (κ1) is 16.7. The fourth-order valence-electron chi connectivity index (χ4n) is 1.98. The van der Waals surface area contributed by atoms with Gasteiger partial charge in [0.15, 0.2) is 0 Å². The lowest BCUT2D eigenvalue weighted by Gasteiger charge is -2.19. The summed E-state index contributed by atoms with van der Waals surface area (Å²) in [5.74, 6) is -1.32. The number of carbonyl (C=O) groups excluding carboxylic acids is 2. The Hall–Kier alpha value is -2.67. The smallest absolute Gasteiger partial charge is 0.258 e. The van der Waals surface area contributed by atoms with Crippen LogP contribution in [0.1, 0.15) is 20.7 Å². The fourth-order valence-corrected chi connectivity index (χ4v) is 1.98. The number of nitrogens with zero attached hydrogens (tertiary/aromatic N) is 1. The zero-order valence-corrected chi connectivity index (χ0v) is 12.9. The summed E-state index contributed by atoms with van der Waals surface area (Å²) in [5, 5.41) is 5.49. The van der Waals surface area contributed by atoms with E-state index in [2.05, 4.69) is 10.6 Å². The fraction of sp³-hybridized carbons (Fsp3) is 0.250. The van der Waals surface area contributed by atoms with Gasteiger partial charge in [-0.05, 0) is 31.3 Å². The average Bonchev–Trinajstić information content (AvgIpc) is 3.06. The van der Waals surface area contributed by atoms with E-state index < -0.39 is 11.7 Å². The molecule has 2 aromatic rings. The average molecular weight is 319 g/mol. The molecular weight excluding hydrogens is 301 g/mol. The second-order valence-electron chi connectivity index (χ2n) is 4.99. The largest absolute Gasteiger partial charge is 0.472 e. The molecular formula is C16H18FN3O3. The topological polar surface area (TPSA) is 74.6 Å². The van der Waals surface area contributed by atoms with Crippen LogP contribution in [0.3, 0.4) is 0 Å². The Bertz CT molecular complexity index is 686.